The zero-order valence-electron chi connectivity index (χ0n) is 14.8. The van der Waals surface area contributed by atoms with Crippen LogP contribution in [0.2, 0.25) is 10.0 Å². The monoisotopic (exact) mass is 405 g/mol. The molecule has 3 rings (SSSR count). The molecule has 0 N–H and O–H groups in total. The quantitative estimate of drug-likeness (QED) is 0.518. The Hall–Kier alpha value is -2.37. The van der Waals surface area contributed by atoms with Gasteiger partial charge in [0.2, 0.25) is 0 Å². The van der Waals surface area contributed by atoms with Crippen LogP contribution < -0.4 is 4.90 Å². The van der Waals surface area contributed by atoms with E-state index < -0.39 is 17.8 Å². The number of esters is 1. The van der Waals surface area contributed by atoms with Crippen molar-refractivity contribution in [1.29, 1.82) is 0 Å². The van der Waals surface area contributed by atoms with Gasteiger partial charge < -0.3 is 4.74 Å². The zero-order chi connectivity index (χ0) is 19.7. The van der Waals surface area contributed by atoms with Crippen LogP contribution in [0, 0.1) is 5.92 Å². The standard InChI is InChI=1S/C20H17Cl2NO4/c1-11(2)7-8-27-20(26)12-3-5-14-15(9-12)19(25)23(18(14)24)17-6-4-13(21)10-16(17)22/h3-6,9-11H,7-8H2,1-2H3. The van der Waals surface area contributed by atoms with Crippen molar-refractivity contribution < 1.29 is 19.1 Å². The van der Waals surface area contributed by atoms with Crippen LogP contribution in [-0.2, 0) is 4.74 Å². The lowest BCUT2D eigenvalue weighted by Gasteiger charge is -2.15. The number of hydrogen-bond donors (Lipinski definition) is 0. The minimum absolute atomic E-state index is 0.143. The van der Waals surface area contributed by atoms with E-state index in [1.165, 1.54) is 30.3 Å². The molecule has 1 aliphatic rings. The average Bonchev–Trinajstić information content (AvgIpc) is 2.85. The fourth-order valence-electron chi connectivity index (χ4n) is 2.72. The number of halogens is 2. The summed E-state index contributed by atoms with van der Waals surface area (Å²) in [5.74, 6) is -1.16. The van der Waals surface area contributed by atoms with Gasteiger partial charge in [-0.3, -0.25) is 9.59 Å². The van der Waals surface area contributed by atoms with Crippen LogP contribution in [0.5, 0.6) is 0 Å². The Kier molecular flexibility index (Phi) is 5.53. The number of nitrogens with zero attached hydrogens (tertiary/aromatic N) is 1. The number of rotatable bonds is 5. The first-order valence-electron chi connectivity index (χ1n) is 8.44. The molecule has 0 aliphatic carbocycles. The van der Waals surface area contributed by atoms with Crippen molar-refractivity contribution in [2.24, 2.45) is 5.92 Å². The largest absolute Gasteiger partial charge is 0.462 e. The summed E-state index contributed by atoms with van der Waals surface area (Å²) in [5.41, 5.74) is 0.824. The summed E-state index contributed by atoms with van der Waals surface area (Å²) in [5, 5.41) is 0.581. The van der Waals surface area contributed by atoms with Gasteiger partial charge in [-0.05, 0) is 48.7 Å². The van der Waals surface area contributed by atoms with Crippen molar-refractivity contribution in [3.63, 3.8) is 0 Å². The van der Waals surface area contributed by atoms with E-state index in [9.17, 15) is 14.4 Å². The highest BCUT2D eigenvalue weighted by molar-refractivity contribution is 6.41. The van der Waals surface area contributed by atoms with Gasteiger partial charge >= 0.3 is 5.97 Å². The molecular weight excluding hydrogens is 389 g/mol. The first kappa shape index (κ1) is 19.4. The maximum Gasteiger partial charge on any atom is 0.338 e. The Balaban J connectivity index is 1.87. The van der Waals surface area contributed by atoms with Crippen LogP contribution in [0.15, 0.2) is 36.4 Å². The van der Waals surface area contributed by atoms with Crippen molar-refractivity contribution >= 4 is 46.7 Å². The highest BCUT2D eigenvalue weighted by Crippen LogP contribution is 2.35. The molecule has 0 radical (unpaired) electrons. The van der Waals surface area contributed by atoms with Gasteiger partial charge in [-0.1, -0.05) is 37.0 Å². The molecule has 5 nitrogen and oxygen atoms in total. The summed E-state index contributed by atoms with van der Waals surface area (Å²) in [7, 11) is 0. The van der Waals surface area contributed by atoms with E-state index in [0.717, 1.165) is 11.3 Å². The Bertz CT molecular complexity index is 940. The molecule has 0 saturated carbocycles. The fraction of sp³-hybridized carbons (Fsp3) is 0.250. The van der Waals surface area contributed by atoms with Crippen LogP contribution in [0.4, 0.5) is 5.69 Å². The third-order valence-corrected chi connectivity index (χ3v) is 4.74. The second-order valence-electron chi connectivity index (χ2n) is 6.62. The summed E-state index contributed by atoms with van der Waals surface area (Å²) in [6, 6.07) is 8.83. The summed E-state index contributed by atoms with van der Waals surface area (Å²) in [6.45, 7) is 4.36. The summed E-state index contributed by atoms with van der Waals surface area (Å²) in [6.07, 6.45) is 0.747. The van der Waals surface area contributed by atoms with Gasteiger partial charge in [-0.2, -0.15) is 0 Å². The van der Waals surface area contributed by atoms with Gasteiger partial charge in [0.15, 0.2) is 0 Å². The van der Waals surface area contributed by atoms with Gasteiger partial charge in [0.1, 0.15) is 0 Å². The molecule has 27 heavy (non-hydrogen) atoms. The third kappa shape index (κ3) is 3.84. The number of benzene rings is 2. The molecule has 0 saturated heterocycles. The van der Waals surface area contributed by atoms with Crippen LogP contribution in [0.1, 0.15) is 51.3 Å². The maximum atomic E-state index is 12.8. The number of imide groups is 1. The average molecular weight is 406 g/mol. The predicted octanol–water partition coefficient (Wildman–Crippen LogP) is 5.00. The minimum Gasteiger partial charge on any atom is -0.462 e. The second kappa shape index (κ2) is 7.71. The Labute approximate surface area is 166 Å². The number of ether oxygens (including phenoxy) is 1. The molecule has 0 spiro atoms. The van der Waals surface area contributed by atoms with Crippen LogP contribution in [0.3, 0.4) is 0 Å². The molecule has 140 valence electrons. The van der Waals surface area contributed by atoms with Crippen molar-refractivity contribution in [2.75, 3.05) is 11.5 Å². The fourth-order valence-corrected chi connectivity index (χ4v) is 3.21. The lowest BCUT2D eigenvalue weighted by atomic mass is 10.1. The van der Waals surface area contributed by atoms with Crippen molar-refractivity contribution in [1.82, 2.24) is 0 Å². The lowest BCUT2D eigenvalue weighted by molar-refractivity contribution is 0.0488. The second-order valence-corrected chi connectivity index (χ2v) is 7.46. The molecule has 2 aromatic rings. The first-order valence-corrected chi connectivity index (χ1v) is 9.20. The topological polar surface area (TPSA) is 63.7 Å². The van der Waals surface area contributed by atoms with E-state index in [1.807, 2.05) is 13.8 Å². The number of carbonyl (C=O) groups is 3. The lowest BCUT2D eigenvalue weighted by Crippen LogP contribution is -2.29. The molecule has 7 heteroatoms. The molecule has 2 aromatic carbocycles. The summed E-state index contributed by atoms with van der Waals surface area (Å²) in [4.78, 5) is 38.6. The van der Waals surface area contributed by atoms with Crippen LogP contribution in [0.25, 0.3) is 0 Å². The van der Waals surface area contributed by atoms with E-state index in [2.05, 4.69) is 0 Å². The van der Waals surface area contributed by atoms with Crippen LogP contribution >= 0.6 is 23.2 Å². The molecule has 0 aromatic heterocycles. The molecule has 2 amide bonds. The van der Waals surface area contributed by atoms with Crippen molar-refractivity contribution in [3.05, 3.63) is 63.1 Å². The number of fused-ring (bicyclic) bond motifs is 1. The van der Waals surface area contributed by atoms with Crippen LogP contribution in [-0.4, -0.2) is 24.4 Å². The summed E-state index contributed by atoms with van der Waals surface area (Å²) >= 11 is 12.0. The van der Waals surface area contributed by atoms with Gasteiger partial charge in [0.05, 0.1) is 34.0 Å². The zero-order valence-corrected chi connectivity index (χ0v) is 16.3. The highest BCUT2D eigenvalue weighted by Gasteiger charge is 2.38. The summed E-state index contributed by atoms with van der Waals surface area (Å²) < 4.78 is 5.22. The van der Waals surface area contributed by atoms with E-state index in [-0.39, 0.29) is 27.4 Å². The Morgan fingerprint density at radius 2 is 1.74 bits per heavy atom. The van der Waals surface area contributed by atoms with Crippen molar-refractivity contribution in [3.8, 4) is 0 Å². The molecule has 0 fully saturated rings. The SMILES string of the molecule is CC(C)CCOC(=O)c1ccc2c(c1)C(=O)N(c1ccc(Cl)cc1Cl)C2=O. The molecule has 0 atom stereocenters. The van der Waals surface area contributed by atoms with E-state index >= 15 is 0 Å². The van der Waals surface area contributed by atoms with Gasteiger partial charge in [-0.25, -0.2) is 9.69 Å². The molecule has 0 bridgehead atoms. The Morgan fingerprint density at radius 3 is 2.41 bits per heavy atom. The van der Waals surface area contributed by atoms with Gasteiger partial charge in [0, 0.05) is 5.02 Å². The number of carbonyl (C=O) groups excluding carboxylic acids is 3. The maximum absolute atomic E-state index is 12.8. The Morgan fingerprint density at radius 1 is 1.04 bits per heavy atom. The normalized spacial score (nSPS) is 13.3. The molecule has 1 aliphatic heterocycles. The van der Waals surface area contributed by atoms with E-state index in [0.29, 0.717) is 17.5 Å². The molecular formula is C20H17Cl2NO4. The van der Waals surface area contributed by atoms with E-state index in [4.69, 9.17) is 27.9 Å². The van der Waals surface area contributed by atoms with Crippen molar-refractivity contribution in [2.45, 2.75) is 20.3 Å². The van der Waals surface area contributed by atoms with Gasteiger partial charge in [-0.15, -0.1) is 0 Å². The third-order valence-electron chi connectivity index (χ3n) is 4.20. The number of anilines is 1. The molecule has 0 unspecified atom stereocenters. The first-order chi connectivity index (χ1) is 12.8. The van der Waals surface area contributed by atoms with Gasteiger partial charge in [0.25, 0.3) is 11.8 Å². The van der Waals surface area contributed by atoms with E-state index in [1.54, 1.807) is 6.07 Å². The highest BCUT2D eigenvalue weighted by atomic mass is 35.5. The number of hydrogen-bond acceptors (Lipinski definition) is 4. The number of amides is 2. The smallest absolute Gasteiger partial charge is 0.338 e. The molecule has 1 heterocycles. The minimum atomic E-state index is -0.545. The predicted molar refractivity (Wildman–Crippen MR) is 104 cm³/mol.